The van der Waals surface area contributed by atoms with Crippen molar-refractivity contribution in [1.82, 2.24) is 10.2 Å². The van der Waals surface area contributed by atoms with Crippen LogP contribution in [0.15, 0.2) is 18.2 Å². The second-order valence-electron chi connectivity index (χ2n) is 5.30. The SMILES string of the molecule is COc1ccc([C@H](N2CCNCC2)C(F)(F)CO)cc1[N+](=O)[O-]. The fourth-order valence-electron chi connectivity index (χ4n) is 2.77. The van der Waals surface area contributed by atoms with Crippen molar-refractivity contribution in [2.75, 3.05) is 39.9 Å². The molecular formula is C14H19F2N3O4. The monoisotopic (exact) mass is 331 g/mol. The fraction of sp³-hybridized carbons (Fsp3) is 0.571. The Labute approximate surface area is 132 Å². The van der Waals surface area contributed by atoms with Crippen LogP contribution in [-0.2, 0) is 0 Å². The van der Waals surface area contributed by atoms with E-state index in [9.17, 15) is 18.9 Å². The molecule has 1 aromatic rings. The minimum absolute atomic E-state index is 0.00475. The number of aliphatic hydroxyl groups is 1. The third-order valence-corrected chi connectivity index (χ3v) is 3.84. The summed E-state index contributed by atoms with van der Waals surface area (Å²) in [6.45, 7) is 0.466. The van der Waals surface area contributed by atoms with Crippen molar-refractivity contribution in [3.8, 4) is 5.75 Å². The molecule has 1 aliphatic heterocycles. The van der Waals surface area contributed by atoms with Gasteiger partial charge in [-0.15, -0.1) is 0 Å². The van der Waals surface area contributed by atoms with Gasteiger partial charge in [0.25, 0.3) is 5.92 Å². The molecule has 1 heterocycles. The van der Waals surface area contributed by atoms with Crippen molar-refractivity contribution < 1.29 is 23.5 Å². The quantitative estimate of drug-likeness (QED) is 0.601. The predicted molar refractivity (Wildman–Crippen MR) is 78.9 cm³/mol. The number of aliphatic hydroxyl groups excluding tert-OH is 1. The van der Waals surface area contributed by atoms with Crippen molar-refractivity contribution in [1.29, 1.82) is 0 Å². The van der Waals surface area contributed by atoms with Crippen LogP contribution in [0.5, 0.6) is 5.75 Å². The zero-order chi connectivity index (χ0) is 17.0. The highest BCUT2D eigenvalue weighted by molar-refractivity contribution is 5.49. The number of nitrogens with zero attached hydrogens (tertiary/aromatic N) is 2. The number of nitrogens with one attached hydrogen (secondary N) is 1. The Morgan fingerprint density at radius 1 is 1.48 bits per heavy atom. The van der Waals surface area contributed by atoms with Gasteiger partial charge in [-0.2, -0.15) is 0 Å². The smallest absolute Gasteiger partial charge is 0.311 e. The molecule has 0 amide bonds. The van der Waals surface area contributed by atoms with E-state index in [2.05, 4.69) is 5.32 Å². The molecule has 1 atom stereocenters. The van der Waals surface area contributed by atoms with Gasteiger partial charge in [0.2, 0.25) is 0 Å². The molecule has 0 bridgehead atoms. The first-order valence-electron chi connectivity index (χ1n) is 7.16. The molecule has 0 radical (unpaired) electrons. The van der Waals surface area contributed by atoms with Gasteiger partial charge < -0.3 is 15.2 Å². The molecule has 0 spiro atoms. The van der Waals surface area contributed by atoms with Gasteiger partial charge in [-0.1, -0.05) is 6.07 Å². The molecule has 7 nitrogen and oxygen atoms in total. The zero-order valence-corrected chi connectivity index (χ0v) is 12.7. The van der Waals surface area contributed by atoms with Gasteiger partial charge in [-0.25, -0.2) is 8.78 Å². The summed E-state index contributed by atoms with van der Waals surface area (Å²) in [6.07, 6.45) is 0. The Morgan fingerprint density at radius 2 is 2.13 bits per heavy atom. The summed E-state index contributed by atoms with van der Waals surface area (Å²) in [4.78, 5) is 12.0. The molecule has 1 saturated heterocycles. The summed E-state index contributed by atoms with van der Waals surface area (Å²) >= 11 is 0. The Bertz CT molecular complexity index is 565. The van der Waals surface area contributed by atoms with E-state index in [1.54, 1.807) is 0 Å². The number of hydrogen-bond donors (Lipinski definition) is 2. The molecule has 0 unspecified atom stereocenters. The van der Waals surface area contributed by atoms with Gasteiger partial charge in [0.05, 0.1) is 12.0 Å². The number of hydrogen-bond acceptors (Lipinski definition) is 6. The lowest BCUT2D eigenvalue weighted by Gasteiger charge is -2.38. The average molecular weight is 331 g/mol. The number of benzene rings is 1. The van der Waals surface area contributed by atoms with Gasteiger partial charge in [0.15, 0.2) is 5.75 Å². The van der Waals surface area contributed by atoms with E-state index in [0.29, 0.717) is 26.2 Å². The van der Waals surface area contributed by atoms with E-state index in [1.165, 1.54) is 24.1 Å². The highest BCUT2D eigenvalue weighted by Crippen LogP contribution is 2.39. The van der Waals surface area contributed by atoms with Crippen LogP contribution in [0.1, 0.15) is 11.6 Å². The van der Waals surface area contributed by atoms with Crippen LogP contribution in [-0.4, -0.2) is 60.7 Å². The van der Waals surface area contributed by atoms with Crippen LogP contribution in [0.3, 0.4) is 0 Å². The van der Waals surface area contributed by atoms with E-state index in [-0.39, 0.29) is 17.0 Å². The Balaban J connectivity index is 2.46. The van der Waals surface area contributed by atoms with Crippen molar-refractivity contribution in [2.24, 2.45) is 0 Å². The van der Waals surface area contributed by atoms with Gasteiger partial charge in [0.1, 0.15) is 12.6 Å². The summed E-state index contributed by atoms with van der Waals surface area (Å²) in [5.41, 5.74) is -0.294. The number of piperazine rings is 1. The van der Waals surface area contributed by atoms with E-state index in [1.807, 2.05) is 0 Å². The van der Waals surface area contributed by atoms with Crippen molar-refractivity contribution in [3.63, 3.8) is 0 Å². The molecule has 2 rings (SSSR count). The van der Waals surface area contributed by atoms with Crippen LogP contribution in [0.25, 0.3) is 0 Å². The first-order chi connectivity index (χ1) is 10.9. The maximum atomic E-state index is 14.3. The second kappa shape index (κ2) is 7.16. The van der Waals surface area contributed by atoms with E-state index in [0.717, 1.165) is 6.07 Å². The molecule has 1 fully saturated rings. The molecule has 0 aromatic heterocycles. The molecule has 23 heavy (non-hydrogen) atoms. The predicted octanol–water partition coefficient (Wildman–Crippen LogP) is 1.18. The third kappa shape index (κ3) is 3.74. The molecule has 0 saturated carbocycles. The molecular weight excluding hydrogens is 312 g/mol. The first-order valence-corrected chi connectivity index (χ1v) is 7.16. The molecule has 0 aliphatic carbocycles. The molecule has 1 aliphatic rings. The van der Waals surface area contributed by atoms with E-state index >= 15 is 0 Å². The van der Waals surface area contributed by atoms with Crippen LogP contribution in [0.2, 0.25) is 0 Å². The Hall–Kier alpha value is -1.84. The Kier molecular flexibility index (Phi) is 5.45. The van der Waals surface area contributed by atoms with Crippen LogP contribution in [0.4, 0.5) is 14.5 Å². The van der Waals surface area contributed by atoms with Gasteiger partial charge in [-0.3, -0.25) is 15.0 Å². The standard InChI is InChI=1S/C14H19F2N3O4/c1-23-12-3-2-10(8-11(12)19(21)22)13(14(15,16)9-20)18-6-4-17-5-7-18/h2-3,8,13,17,20H,4-7,9H2,1H3/t13-/m0/s1. The van der Waals surface area contributed by atoms with Crippen molar-refractivity contribution in [2.45, 2.75) is 12.0 Å². The maximum Gasteiger partial charge on any atom is 0.311 e. The Morgan fingerprint density at radius 3 is 2.65 bits per heavy atom. The summed E-state index contributed by atoms with van der Waals surface area (Å²) in [5.74, 6) is -3.41. The lowest BCUT2D eigenvalue weighted by molar-refractivity contribution is -0.385. The third-order valence-electron chi connectivity index (χ3n) is 3.84. The topological polar surface area (TPSA) is 87.9 Å². The average Bonchev–Trinajstić information content (AvgIpc) is 2.55. The molecule has 9 heteroatoms. The lowest BCUT2D eigenvalue weighted by Crippen LogP contribution is -2.51. The lowest BCUT2D eigenvalue weighted by atomic mass is 9.97. The summed E-state index contributed by atoms with van der Waals surface area (Å²) in [6, 6.07) is 2.34. The number of halogens is 2. The van der Waals surface area contributed by atoms with Gasteiger partial charge in [0, 0.05) is 32.2 Å². The van der Waals surface area contributed by atoms with Crippen LogP contribution in [0, 0.1) is 10.1 Å². The van der Waals surface area contributed by atoms with E-state index < -0.39 is 23.5 Å². The maximum absolute atomic E-state index is 14.3. The zero-order valence-electron chi connectivity index (χ0n) is 12.7. The van der Waals surface area contributed by atoms with E-state index in [4.69, 9.17) is 9.84 Å². The molecule has 128 valence electrons. The van der Waals surface area contributed by atoms with Gasteiger partial charge in [-0.05, 0) is 11.6 Å². The molecule has 1 aromatic carbocycles. The summed E-state index contributed by atoms with van der Waals surface area (Å²) < 4.78 is 33.5. The minimum atomic E-state index is -3.42. The minimum Gasteiger partial charge on any atom is -0.490 e. The molecule has 2 N–H and O–H groups in total. The number of rotatable bonds is 6. The number of nitro groups is 1. The number of ether oxygens (including phenoxy) is 1. The van der Waals surface area contributed by atoms with Crippen molar-refractivity contribution in [3.05, 3.63) is 33.9 Å². The normalized spacial score (nSPS) is 17.7. The fourth-order valence-corrected chi connectivity index (χ4v) is 2.77. The largest absolute Gasteiger partial charge is 0.490 e. The highest BCUT2D eigenvalue weighted by atomic mass is 19.3. The van der Waals surface area contributed by atoms with Crippen LogP contribution >= 0.6 is 0 Å². The number of methoxy groups -OCH3 is 1. The highest BCUT2D eigenvalue weighted by Gasteiger charge is 2.44. The number of alkyl halides is 2. The van der Waals surface area contributed by atoms with Gasteiger partial charge >= 0.3 is 5.69 Å². The summed E-state index contributed by atoms with van der Waals surface area (Å²) in [5, 5.41) is 23.3. The van der Waals surface area contributed by atoms with Crippen molar-refractivity contribution >= 4 is 5.69 Å². The summed E-state index contributed by atoms with van der Waals surface area (Å²) in [7, 11) is 1.28. The number of nitro benzene ring substituents is 1. The first kappa shape index (κ1) is 17.5. The van der Waals surface area contributed by atoms with Crippen LogP contribution < -0.4 is 10.1 Å². The second-order valence-corrected chi connectivity index (χ2v) is 5.30.